The summed E-state index contributed by atoms with van der Waals surface area (Å²) in [5.74, 6) is 1.35. The van der Waals surface area contributed by atoms with Crippen LogP contribution in [0.3, 0.4) is 0 Å². The molecule has 0 radical (unpaired) electrons. The van der Waals surface area contributed by atoms with E-state index in [4.69, 9.17) is 15.7 Å². The Morgan fingerprint density at radius 3 is 2.41 bits per heavy atom. The molecule has 0 spiro atoms. The Balaban J connectivity index is 2.15. The van der Waals surface area contributed by atoms with Crippen LogP contribution in [0.1, 0.15) is 5.56 Å². The van der Waals surface area contributed by atoms with Crippen LogP contribution < -0.4 is 10.5 Å². The number of benzene rings is 2. The van der Waals surface area contributed by atoms with E-state index in [9.17, 15) is 0 Å². The van der Waals surface area contributed by atoms with Crippen molar-refractivity contribution >= 4 is 5.69 Å². The summed E-state index contributed by atoms with van der Waals surface area (Å²) >= 11 is 0. The molecule has 0 saturated carbocycles. The number of hydrogen-bond acceptors (Lipinski definition) is 3. The Morgan fingerprint density at radius 1 is 1.06 bits per heavy atom. The minimum atomic E-state index is 0.410. The van der Waals surface area contributed by atoms with Crippen LogP contribution in [-0.4, -0.2) is 0 Å². The molecule has 0 atom stereocenters. The maximum absolute atomic E-state index is 8.56. The van der Waals surface area contributed by atoms with Gasteiger partial charge in [0.2, 0.25) is 0 Å². The normalized spacial score (nSPS) is 9.59. The van der Waals surface area contributed by atoms with Crippen molar-refractivity contribution in [3.05, 3.63) is 54.1 Å². The predicted octanol–water partition coefficient (Wildman–Crippen LogP) is 3.13. The van der Waals surface area contributed by atoms with Crippen LogP contribution in [-0.2, 0) is 6.42 Å². The molecule has 2 rings (SSSR count). The first kappa shape index (κ1) is 11.0. The van der Waals surface area contributed by atoms with Gasteiger partial charge in [0.25, 0.3) is 0 Å². The number of nitrogens with two attached hydrogens (primary N) is 1. The number of para-hydroxylation sites is 2. The van der Waals surface area contributed by atoms with E-state index in [-0.39, 0.29) is 0 Å². The predicted molar refractivity (Wildman–Crippen MR) is 66.7 cm³/mol. The van der Waals surface area contributed by atoms with Gasteiger partial charge in [0.15, 0.2) is 0 Å². The van der Waals surface area contributed by atoms with Gasteiger partial charge in [-0.15, -0.1) is 0 Å². The monoisotopic (exact) mass is 224 g/mol. The third kappa shape index (κ3) is 2.76. The van der Waals surface area contributed by atoms with E-state index >= 15 is 0 Å². The Kier molecular flexibility index (Phi) is 3.27. The van der Waals surface area contributed by atoms with Crippen LogP contribution in [0.5, 0.6) is 11.5 Å². The number of nitrogen functional groups attached to an aromatic ring is 1. The first-order chi connectivity index (χ1) is 8.29. The molecule has 0 heterocycles. The molecule has 0 aliphatic heterocycles. The minimum absolute atomic E-state index is 0.410. The highest BCUT2D eigenvalue weighted by atomic mass is 16.5. The van der Waals surface area contributed by atoms with Gasteiger partial charge in [-0.05, 0) is 29.8 Å². The maximum atomic E-state index is 8.56. The Morgan fingerprint density at radius 2 is 1.76 bits per heavy atom. The first-order valence-corrected chi connectivity index (χ1v) is 5.28. The summed E-state index contributed by atoms with van der Waals surface area (Å²) in [7, 11) is 0. The number of hydrogen-bond donors (Lipinski definition) is 1. The zero-order valence-corrected chi connectivity index (χ0v) is 9.26. The standard InChI is InChI=1S/C14H12N2O/c15-10-9-11-5-7-12(8-6-11)17-14-4-2-1-3-13(14)16/h1-8H,9,16H2. The fraction of sp³-hybridized carbons (Fsp3) is 0.0714. The number of rotatable bonds is 3. The second-order valence-corrected chi connectivity index (χ2v) is 3.62. The van der Waals surface area contributed by atoms with Crippen LogP contribution in [0.2, 0.25) is 0 Å². The lowest BCUT2D eigenvalue weighted by Gasteiger charge is -2.08. The van der Waals surface area contributed by atoms with E-state index in [2.05, 4.69) is 6.07 Å². The molecule has 2 aromatic rings. The van der Waals surface area contributed by atoms with E-state index in [0.717, 1.165) is 5.56 Å². The Bertz CT molecular complexity index is 541. The molecule has 84 valence electrons. The van der Waals surface area contributed by atoms with Gasteiger partial charge in [-0.3, -0.25) is 0 Å². The van der Waals surface area contributed by atoms with Crippen LogP contribution >= 0.6 is 0 Å². The molecule has 2 aromatic carbocycles. The van der Waals surface area contributed by atoms with Crippen LogP contribution in [0.15, 0.2) is 48.5 Å². The first-order valence-electron chi connectivity index (χ1n) is 5.28. The van der Waals surface area contributed by atoms with Crippen LogP contribution in [0, 0.1) is 11.3 Å². The van der Waals surface area contributed by atoms with Crippen molar-refractivity contribution < 1.29 is 4.74 Å². The van der Waals surface area contributed by atoms with Gasteiger partial charge in [-0.25, -0.2) is 0 Å². The van der Waals surface area contributed by atoms with Crippen molar-refractivity contribution in [2.24, 2.45) is 0 Å². The van der Waals surface area contributed by atoms with E-state index in [1.165, 1.54) is 0 Å². The zero-order valence-electron chi connectivity index (χ0n) is 9.26. The summed E-state index contributed by atoms with van der Waals surface area (Å²) in [6, 6.07) is 16.9. The molecular weight excluding hydrogens is 212 g/mol. The third-order valence-corrected chi connectivity index (χ3v) is 2.35. The summed E-state index contributed by atoms with van der Waals surface area (Å²) in [5, 5.41) is 8.56. The van der Waals surface area contributed by atoms with Crippen molar-refractivity contribution in [2.45, 2.75) is 6.42 Å². The lowest BCUT2D eigenvalue weighted by Crippen LogP contribution is -1.91. The molecule has 0 saturated heterocycles. The largest absolute Gasteiger partial charge is 0.455 e. The molecule has 3 nitrogen and oxygen atoms in total. The van der Waals surface area contributed by atoms with Gasteiger partial charge in [-0.1, -0.05) is 24.3 Å². The average molecular weight is 224 g/mol. The highest BCUT2D eigenvalue weighted by molar-refractivity contribution is 5.53. The topological polar surface area (TPSA) is 59.0 Å². The molecular formula is C14H12N2O. The fourth-order valence-electron chi connectivity index (χ4n) is 1.47. The van der Waals surface area contributed by atoms with E-state index in [0.29, 0.717) is 23.6 Å². The van der Waals surface area contributed by atoms with Gasteiger partial charge in [0.05, 0.1) is 18.2 Å². The van der Waals surface area contributed by atoms with Crippen LogP contribution in [0.4, 0.5) is 5.69 Å². The second kappa shape index (κ2) is 5.04. The van der Waals surface area contributed by atoms with E-state index in [1.807, 2.05) is 42.5 Å². The third-order valence-electron chi connectivity index (χ3n) is 2.35. The van der Waals surface area contributed by atoms with Crippen molar-refractivity contribution in [1.29, 1.82) is 5.26 Å². The summed E-state index contributed by atoms with van der Waals surface area (Å²) in [6.07, 6.45) is 0.410. The van der Waals surface area contributed by atoms with Gasteiger partial charge in [-0.2, -0.15) is 5.26 Å². The Hall–Kier alpha value is -2.47. The SMILES string of the molecule is N#CCc1ccc(Oc2ccccc2N)cc1. The maximum Gasteiger partial charge on any atom is 0.150 e. The van der Waals surface area contributed by atoms with Crippen molar-refractivity contribution in [3.8, 4) is 17.6 Å². The molecule has 17 heavy (non-hydrogen) atoms. The minimum Gasteiger partial charge on any atom is -0.455 e. The van der Waals surface area contributed by atoms with Gasteiger partial charge in [0, 0.05) is 0 Å². The number of anilines is 1. The molecule has 0 bridgehead atoms. The molecule has 0 aromatic heterocycles. The van der Waals surface area contributed by atoms with Crippen LogP contribution in [0.25, 0.3) is 0 Å². The molecule has 0 aliphatic carbocycles. The Labute approximate surface area is 100 Å². The molecule has 0 amide bonds. The number of nitriles is 1. The van der Waals surface area contributed by atoms with Crippen molar-refractivity contribution in [1.82, 2.24) is 0 Å². The highest BCUT2D eigenvalue weighted by Crippen LogP contribution is 2.26. The quantitative estimate of drug-likeness (QED) is 0.815. The lowest BCUT2D eigenvalue weighted by atomic mass is 10.2. The second-order valence-electron chi connectivity index (χ2n) is 3.62. The van der Waals surface area contributed by atoms with Gasteiger partial charge < -0.3 is 10.5 Å². The summed E-state index contributed by atoms with van der Waals surface area (Å²) in [4.78, 5) is 0. The van der Waals surface area contributed by atoms with E-state index in [1.54, 1.807) is 6.07 Å². The summed E-state index contributed by atoms with van der Waals surface area (Å²) in [6.45, 7) is 0. The smallest absolute Gasteiger partial charge is 0.150 e. The van der Waals surface area contributed by atoms with Crippen molar-refractivity contribution in [2.75, 3.05) is 5.73 Å². The zero-order chi connectivity index (χ0) is 12.1. The fourth-order valence-corrected chi connectivity index (χ4v) is 1.47. The van der Waals surface area contributed by atoms with E-state index < -0.39 is 0 Å². The molecule has 3 heteroatoms. The number of nitrogens with zero attached hydrogens (tertiary/aromatic N) is 1. The molecule has 0 aliphatic rings. The highest BCUT2D eigenvalue weighted by Gasteiger charge is 2.00. The van der Waals surface area contributed by atoms with Crippen molar-refractivity contribution in [3.63, 3.8) is 0 Å². The molecule has 2 N–H and O–H groups in total. The summed E-state index contributed by atoms with van der Waals surface area (Å²) in [5.41, 5.74) is 7.36. The molecule has 0 fully saturated rings. The average Bonchev–Trinajstić information content (AvgIpc) is 2.35. The van der Waals surface area contributed by atoms with Gasteiger partial charge in [0.1, 0.15) is 11.5 Å². The lowest BCUT2D eigenvalue weighted by molar-refractivity contribution is 0.485. The molecule has 0 unspecified atom stereocenters. The number of ether oxygens (including phenoxy) is 1. The summed E-state index contributed by atoms with van der Waals surface area (Å²) < 4.78 is 5.63. The van der Waals surface area contributed by atoms with Gasteiger partial charge >= 0.3 is 0 Å².